The molecule has 0 aliphatic carbocycles. The van der Waals surface area contributed by atoms with Crippen LogP contribution in [0.1, 0.15) is 38.3 Å². The van der Waals surface area contributed by atoms with Gasteiger partial charge in [-0.15, -0.1) is 0 Å². The van der Waals surface area contributed by atoms with E-state index in [9.17, 15) is 0 Å². The van der Waals surface area contributed by atoms with Crippen molar-refractivity contribution in [2.75, 3.05) is 20.3 Å². The number of nitrogens with one attached hydrogen (secondary N) is 1. The van der Waals surface area contributed by atoms with Crippen LogP contribution < -0.4 is 10.1 Å². The fourth-order valence-corrected chi connectivity index (χ4v) is 2.78. The molecule has 0 spiro atoms. The second kappa shape index (κ2) is 6.92. The second-order valence-electron chi connectivity index (χ2n) is 5.28. The molecule has 3 atom stereocenters. The fourth-order valence-electron chi connectivity index (χ4n) is 2.78. The third-order valence-electron chi connectivity index (χ3n) is 4.06. The Balaban J connectivity index is 2.06. The third-order valence-corrected chi connectivity index (χ3v) is 4.06. The number of hydrogen-bond acceptors (Lipinski definition) is 3. The van der Waals surface area contributed by atoms with E-state index in [1.807, 2.05) is 12.1 Å². The summed E-state index contributed by atoms with van der Waals surface area (Å²) in [7, 11) is 1.74. The Kier molecular flexibility index (Phi) is 5.23. The lowest BCUT2D eigenvalue weighted by molar-refractivity contribution is 0.176. The van der Waals surface area contributed by atoms with Gasteiger partial charge in [-0.1, -0.05) is 25.1 Å². The van der Waals surface area contributed by atoms with Crippen LogP contribution in [0.2, 0.25) is 0 Å². The van der Waals surface area contributed by atoms with Crippen molar-refractivity contribution in [2.45, 2.75) is 38.8 Å². The number of ether oxygens (including phenoxy) is 2. The van der Waals surface area contributed by atoms with Crippen molar-refractivity contribution >= 4 is 0 Å². The normalized spacial score (nSPS) is 22.2. The molecule has 1 saturated heterocycles. The van der Waals surface area contributed by atoms with Crippen LogP contribution in [0.4, 0.5) is 0 Å². The number of hydrogen-bond donors (Lipinski definition) is 1. The Hall–Kier alpha value is -1.06. The summed E-state index contributed by atoms with van der Waals surface area (Å²) in [5, 5.41) is 3.74. The van der Waals surface area contributed by atoms with Crippen molar-refractivity contribution in [2.24, 2.45) is 5.92 Å². The van der Waals surface area contributed by atoms with Crippen molar-refractivity contribution in [3.63, 3.8) is 0 Å². The zero-order chi connectivity index (χ0) is 13.7. The summed E-state index contributed by atoms with van der Waals surface area (Å²) in [4.78, 5) is 0. The van der Waals surface area contributed by atoms with Crippen molar-refractivity contribution in [1.29, 1.82) is 0 Å². The van der Waals surface area contributed by atoms with Gasteiger partial charge in [0.15, 0.2) is 0 Å². The van der Waals surface area contributed by atoms with Crippen LogP contribution in [0, 0.1) is 5.92 Å². The van der Waals surface area contributed by atoms with Gasteiger partial charge in [0, 0.05) is 24.3 Å². The highest BCUT2D eigenvalue weighted by Gasteiger charge is 2.25. The second-order valence-corrected chi connectivity index (χ2v) is 5.28. The standard InChI is InChI=1S/C16H25NO2/c1-4-15(14-7-5-6-8-16(14)18-3)17-12(2)13-9-10-19-11-13/h5-8,12-13,15,17H,4,9-11H2,1-3H3. The molecule has 106 valence electrons. The smallest absolute Gasteiger partial charge is 0.123 e. The summed E-state index contributed by atoms with van der Waals surface area (Å²) in [6.07, 6.45) is 2.22. The molecule has 0 saturated carbocycles. The molecule has 3 unspecified atom stereocenters. The van der Waals surface area contributed by atoms with Crippen LogP contribution in [0.25, 0.3) is 0 Å². The highest BCUT2D eigenvalue weighted by atomic mass is 16.5. The Morgan fingerprint density at radius 1 is 1.42 bits per heavy atom. The van der Waals surface area contributed by atoms with Crippen molar-refractivity contribution in [1.82, 2.24) is 5.32 Å². The van der Waals surface area contributed by atoms with Gasteiger partial charge in [-0.2, -0.15) is 0 Å². The molecule has 3 heteroatoms. The van der Waals surface area contributed by atoms with Gasteiger partial charge in [0.1, 0.15) is 5.75 Å². The molecule has 1 fully saturated rings. The van der Waals surface area contributed by atoms with Gasteiger partial charge < -0.3 is 14.8 Å². The fraction of sp³-hybridized carbons (Fsp3) is 0.625. The molecule has 1 aromatic rings. The van der Waals surface area contributed by atoms with Gasteiger partial charge in [0.25, 0.3) is 0 Å². The SMILES string of the molecule is CCC(NC(C)C1CCOC1)c1ccccc1OC. The first-order valence-corrected chi connectivity index (χ1v) is 7.23. The molecule has 3 nitrogen and oxygen atoms in total. The summed E-state index contributed by atoms with van der Waals surface area (Å²) < 4.78 is 10.9. The molecule has 19 heavy (non-hydrogen) atoms. The quantitative estimate of drug-likeness (QED) is 0.855. The molecule has 1 aliphatic heterocycles. The molecule has 0 aromatic heterocycles. The first-order valence-electron chi connectivity index (χ1n) is 7.23. The predicted molar refractivity (Wildman–Crippen MR) is 77.5 cm³/mol. The van der Waals surface area contributed by atoms with Gasteiger partial charge in [0.05, 0.1) is 13.7 Å². The number of rotatable bonds is 6. The monoisotopic (exact) mass is 263 g/mol. The van der Waals surface area contributed by atoms with Crippen LogP contribution >= 0.6 is 0 Å². The number of benzene rings is 1. The maximum absolute atomic E-state index is 5.48. The van der Waals surface area contributed by atoms with Crippen LogP contribution in [0.15, 0.2) is 24.3 Å². The van der Waals surface area contributed by atoms with Crippen LogP contribution in [-0.4, -0.2) is 26.4 Å². The van der Waals surface area contributed by atoms with Crippen molar-refractivity contribution in [3.8, 4) is 5.75 Å². The maximum atomic E-state index is 5.48. The molecule has 1 aliphatic rings. The van der Waals surface area contributed by atoms with Gasteiger partial charge in [-0.25, -0.2) is 0 Å². The Morgan fingerprint density at radius 2 is 2.21 bits per heavy atom. The van der Waals surface area contributed by atoms with E-state index in [2.05, 4.69) is 31.3 Å². The molecule has 1 aromatic carbocycles. The summed E-state index contributed by atoms with van der Waals surface area (Å²) >= 11 is 0. The Bertz CT molecular complexity index is 388. The van der Waals surface area contributed by atoms with Gasteiger partial charge in [-0.05, 0) is 31.7 Å². The third kappa shape index (κ3) is 3.48. The average molecular weight is 263 g/mol. The maximum Gasteiger partial charge on any atom is 0.123 e. The van der Waals surface area contributed by atoms with Crippen LogP contribution in [0.3, 0.4) is 0 Å². The molecule has 1 heterocycles. The van der Waals surface area contributed by atoms with E-state index in [1.165, 1.54) is 5.56 Å². The minimum atomic E-state index is 0.340. The van der Waals surface area contributed by atoms with E-state index < -0.39 is 0 Å². The van der Waals surface area contributed by atoms with Gasteiger partial charge >= 0.3 is 0 Å². The lowest BCUT2D eigenvalue weighted by Gasteiger charge is -2.27. The van der Waals surface area contributed by atoms with Gasteiger partial charge in [-0.3, -0.25) is 0 Å². The molecular weight excluding hydrogens is 238 g/mol. The lowest BCUT2D eigenvalue weighted by atomic mass is 9.96. The summed E-state index contributed by atoms with van der Waals surface area (Å²) in [6.45, 7) is 6.26. The molecule has 0 radical (unpaired) electrons. The summed E-state index contributed by atoms with van der Waals surface area (Å²) in [5.41, 5.74) is 1.25. The first kappa shape index (κ1) is 14.4. The lowest BCUT2D eigenvalue weighted by Crippen LogP contribution is -2.36. The van der Waals surface area contributed by atoms with E-state index in [-0.39, 0.29) is 0 Å². The topological polar surface area (TPSA) is 30.5 Å². The highest BCUT2D eigenvalue weighted by Crippen LogP contribution is 2.28. The average Bonchev–Trinajstić information content (AvgIpc) is 2.98. The summed E-state index contributed by atoms with van der Waals surface area (Å²) in [6, 6.07) is 9.08. The number of para-hydroxylation sites is 1. The number of methoxy groups -OCH3 is 1. The highest BCUT2D eigenvalue weighted by molar-refractivity contribution is 5.35. The minimum Gasteiger partial charge on any atom is -0.496 e. The van der Waals surface area contributed by atoms with Crippen molar-refractivity contribution in [3.05, 3.63) is 29.8 Å². The van der Waals surface area contributed by atoms with E-state index >= 15 is 0 Å². The zero-order valence-corrected chi connectivity index (χ0v) is 12.2. The first-order chi connectivity index (χ1) is 9.26. The van der Waals surface area contributed by atoms with E-state index in [1.54, 1.807) is 7.11 Å². The van der Waals surface area contributed by atoms with Gasteiger partial charge in [0.2, 0.25) is 0 Å². The van der Waals surface area contributed by atoms with E-state index in [4.69, 9.17) is 9.47 Å². The molecular formula is C16H25NO2. The minimum absolute atomic E-state index is 0.340. The van der Waals surface area contributed by atoms with Crippen LogP contribution in [0.5, 0.6) is 5.75 Å². The summed E-state index contributed by atoms with van der Waals surface area (Å²) in [5.74, 6) is 1.60. The Morgan fingerprint density at radius 3 is 2.84 bits per heavy atom. The predicted octanol–water partition coefficient (Wildman–Crippen LogP) is 3.16. The molecule has 0 amide bonds. The van der Waals surface area contributed by atoms with E-state index in [0.717, 1.165) is 31.8 Å². The molecule has 1 N–H and O–H groups in total. The van der Waals surface area contributed by atoms with E-state index in [0.29, 0.717) is 18.0 Å². The molecule has 2 rings (SSSR count). The zero-order valence-electron chi connectivity index (χ0n) is 12.2. The molecule has 0 bridgehead atoms. The van der Waals surface area contributed by atoms with Crippen LogP contribution in [-0.2, 0) is 4.74 Å². The van der Waals surface area contributed by atoms with Crippen molar-refractivity contribution < 1.29 is 9.47 Å². The Labute approximate surface area is 116 Å². The largest absolute Gasteiger partial charge is 0.496 e.